The van der Waals surface area contributed by atoms with Gasteiger partial charge in [0, 0.05) is 44.3 Å². The van der Waals surface area contributed by atoms with Gasteiger partial charge in [-0.3, -0.25) is 9.69 Å². The Balaban J connectivity index is 1.41. The minimum Gasteiger partial charge on any atom is -0.390 e. The van der Waals surface area contributed by atoms with E-state index in [4.69, 9.17) is 4.74 Å². The fraction of sp³-hybridized carbons (Fsp3) is 0.444. The number of hydrogen-bond acceptors (Lipinski definition) is 5. The van der Waals surface area contributed by atoms with Crippen LogP contribution in [0.15, 0.2) is 43.0 Å². The van der Waals surface area contributed by atoms with Crippen molar-refractivity contribution in [3.63, 3.8) is 0 Å². The van der Waals surface area contributed by atoms with Crippen molar-refractivity contribution < 1.29 is 14.6 Å². The predicted octanol–water partition coefficient (Wildman–Crippen LogP) is 0.224. The first-order valence-electron chi connectivity index (χ1n) is 8.53. The van der Waals surface area contributed by atoms with Crippen LogP contribution in [0.4, 0.5) is 0 Å². The number of benzene rings is 1. The third kappa shape index (κ3) is 5.38. The molecule has 1 aliphatic heterocycles. The molecule has 0 bridgehead atoms. The van der Waals surface area contributed by atoms with E-state index in [0.717, 1.165) is 24.3 Å². The number of carbonyl (C=O) groups is 1. The molecular formula is C18H24N4O3. The summed E-state index contributed by atoms with van der Waals surface area (Å²) >= 11 is 0. The Bertz CT molecular complexity index is 651. The Morgan fingerprint density at radius 2 is 2.04 bits per heavy atom. The fourth-order valence-corrected chi connectivity index (χ4v) is 2.82. The molecule has 0 spiro atoms. The lowest BCUT2D eigenvalue weighted by Crippen LogP contribution is -2.44. The van der Waals surface area contributed by atoms with Crippen LogP contribution in [0.5, 0.6) is 0 Å². The van der Waals surface area contributed by atoms with Crippen molar-refractivity contribution in [2.45, 2.75) is 12.5 Å². The van der Waals surface area contributed by atoms with Crippen molar-refractivity contribution in [2.24, 2.45) is 0 Å². The van der Waals surface area contributed by atoms with Gasteiger partial charge in [0.25, 0.3) is 0 Å². The van der Waals surface area contributed by atoms with E-state index in [0.29, 0.717) is 26.2 Å². The normalized spacial score (nSPS) is 16.5. The number of rotatable bonds is 7. The van der Waals surface area contributed by atoms with Crippen LogP contribution in [0.3, 0.4) is 0 Å². The van der Waals surface area contributed by atoms with E-state index in [1.807, 2.05) is 35.0 Å². The summed E-state index contributed by atoms with van der Waals surface area (Å²) in [5.74, 6) is -0.0867. The highest BCUT2D eigenvalue weighted by molar-refractivity contribution is 5.78. The molecule has 1 aromatic heterocycles. The second kappa shape index (κ2) is 8.75. The first-order chi connectivity index (χ1) is 12.2. The van der Waals surface area contributed by atoms with Crippen LogP contribution >= 0.6 is 0 Å². The number of amides is 1. The Morgan fingerprint density at radius 3 is 2.72 bits per heavy atom. The quantitative estimate of drug-likeness (QED) is 0.751. The topological polar surface area (TPSA) is 79.6 Å². The second-order valence-corrected chi connectivity index (χ2v) is 6.18. The fourth-order valence-electron chi connectivity index (χ4n) is 2.82. The number of imidazole rings is 1. The van der Waals surface area contributed by atoms with Crippen LogP contribution < -0.4 is 5.32 Å². The molecule has 1 unspecified atom stereocenters. The molecule has 2 heterocycles. The Morgan fingerprint density at radius 1 is 1.28 bits per heavy atom. The van der Waals surface area contributed by atoms with Gasteiger partial charge in [0.15, 0.2) is 0 Å². The van der Waals surface area contributed by atoms with E-state index in [1.54, 1.807) is 12.5 Å². The molecule has 1 saturated heterocycles. The summed E-state index contributed by atoms with van der Waals surface area (Å²) in [4.78, 5) is 18.2. The number of ether oxygens (including phenoxy) is 1. The number of nitrogens with one attached hydrogen (secondary N) is 1. The van der Waals surface area contributed by atoms with Crippen LogP contribution in [0.25, 0.3) is 5.69 Å². The number of morpholine rings is 1. The highest BCUT2D eigenvalue weighted by Crippen LogP contribution is 2.09. The maximum Gasteiger partial charge on any atom is 0.224 e. The largest absolute Gasteiger partial charge is 0.390 e. The highest BCUT2D eigenvalue weighted by Gasteiger charge is 2.15. The highest BCUT2D eigenvalue weighted by atomic mass is 16.5. The molecule has 1 aliphatic rings. The lowest BCUT2D eigenvalue weighted by molar-refractivity contribution is -0.121. The van der Waals surface area contributed by atoms with E-state index >= 15 is 0 Å². The molecular weight excluding hydrogens is 320 g/mol. The minimum atomic E-state index is -0.564. The van der Waals surface area contributed by atoms with Crippen molar-refractivity contribution in [2.75, 3.05) is 39.4 Å². The lowest BCUT2D eigenvalue weighted by atomic mass is 10.1. The van der Waals surface area contributed by atoms with Gasteiger partial charge in [0.1, 0.15) is 0 Å². The number of aromatic nitrogens is 2. The number of hydrogen-bond donors (Lipinski definition) is 2. The van der Waals surface area contributed by atoms with Crippen LogP contribution in [-0.4, -0.2) is 71.0 Å². The van der Waals surface area contributed by atoms with E-state index in [-0.39, 0.29) is 12.5 Å². The van der Waals surface area contributed by atoms with Crippen molar-refractivity contribution in [3.05, 3.63) is 48.5 Å². The smallest absolute Gasteiger partial charge is 0.224 e. The maximum absolute atomic E-state index is 12.1. The summed E-state index contributed by atoms with van der Waals surface area (Å²) in [6.45, 7) is 3.89. The SMILES string of the molecule is O=C(Cc1ccc(-n2ccnc2)cc1)NCC(O)CN1CCOCC1. The molecule has 1 fully saturated rings. The monoisotopic (exact) mass is 344 g/mol. The van der Waals surface area contributed by atoms with Gasteiger partial charge in [-0.15, -0.1) is 0 Å². The first-order valence-corrected chi connectivity index (χ1v) is 8.53. The summed E-state index contributed by atoms with van der Waals surface area (Å²) in [5, 5.41) is 12.9. The molecule has 0 saturated carbocycles. The number of carbonyl (C=O) groups excluding carboxylic acids is 1. The average molecular weight is 344 g/mol. The minimum absolute atomic E-state index is 0.0867. The molecule has 7 heteroatoms. The summed E-state index contributed by atoms with van der Waals surface area (Å²) in [5.41, 5.74) is 1.94. The van der Waals surface area contributed by atoms with Crippen molar-refractivity contribution in [3.8, 4) is 5.69 Å². The van der Waals surface area contributed by atoms with Crippen molar-refractivity contribution in [1.29, 1.82) is 0 Å². The van der Waals surface area contributed by atoms with Gasteiger partial charge in [-0.2, -0.15) is 0 Å². The summed E-state index contributed by atoms with van der Waals surface area (Å²) in [6.07, 6.45) is 5.07. The molecule has 0 radical (unpaired) electrons. The first kappa shape index (κ1) is 17.6. The summed E-state index contributed by atoms with van der Waals surface area (Å²) in [6, 6.07) is 7.77. The molecule has 1 atom stereocenters. The Hall–Kier alpha value is -2.22. The predicted molar refractivity (Wildman–Crippen MR) is 93.5 cm³/mol. The number of β-amino-alcohol motifs (C(OH)–C–C–N with tert-alkyl or cyclic N) is 1. The number of aliphatic hydroxyl groups is 1. The second-order valence-electron chi connectivity index (χ2n) is 6.18. The summed E-state index contributed by atoms with van der Waals surface area (Å²) in [7, 11) is 0. The lowest BCUT2D eigenvalue weighted by Gasteiger charge is -2.28. The molecule has 7 nitrogen and oxygen atoms in total. The molecule has 2 N–H and O–H groups in total. The van der Waals surface area contributed by atoms with Gasteiger partial charge >= 0.3 is 0 Å². The molecule has 134 valence electrons. The third-order valence-corrected chi connectivity index (χ3v) is 4.21. The molecule has 1 amide bonds. The molecule has 0 aliphatic carbocycles. The Labute approximate surface area is 147 Å². The molecule has 1 aromatic carbocycles. The third-order valence-electron chi connectivity index (χ3n) is 4.21. The molecule has 2 aromatic rings. The van der Waals surface area contributed by atoms with Gasteiger partial charge in [0.2, 0.25) is 5.91 Å². The van der Waals surface area contributed by atoms with E-state index in [2.05, 4.69) is 15.2 Å². The van der Waals surface area contributed by atoms with Gasteiger partial charge in [0.05, 0.1) is 32.1 Å². The van der Waals surface area contributed by atoms with Gasteiger partial charge < -0.3 is 19.7 Å². The average Bonchev–Trinajstić information content (AvgIpc) is 3.16. The zero-order valence-electron chi connectivity index (χ0n) is 14.2. The summed E-state index contributed by atoms with van der Waals surface area (Å²) < 4.78 is 7.19. The molecule has 3 rings (SSSR count). The number of nitrogens with zero attached hydrogens (tertiary/aromatic N) is 3. The van der Waals surface area contributed by atoms with Gasteiger partial charge in [-0.25, -0.2) is 4.98 Å². The van der Waals surface area contributed by atoms with Gasteiger partial charge in [-0.05, 0) is 17.7 Å². The molecule has 25 heavy (non-hydrogen) atoms. The number of aliphatic hydroxyl groups excluding tert-OH is 1. The maximum atomic E-state index is 12.1. The standard InChI is InChI=1S/C18H24N4O3/c23-17(13-21-7-9-25-10-8-21)12-20-18(24)11-15-1-3-16(4-2-15)22-6-5-19-14-22/h1-6,14,17,23H,7-13H2,(H,20,24). The van der Waals surface area contributed by atoms with E-state index in [1.165, 1.54) is 0 Å². The van der Waals surface area contributed by atoms with Crippen LogP contribution in [-0.2, 0) is 16.0 Å². The van der Waals surface area contributed by atoms with E-state index < -0.39 is 6.10 Å². The van der Waals surface area contributed by atoms with Gasteiger partial charge in [-0.1, -0.05) is 12.1 Å². The van der Waals surface area contributed by atoms with Crippen molar-refractivity contribution in [1.82, 2.24) is 19.8 Å². The van der Waals surface area contributed by atoms with Crippen LogP contribution in [0.2, 0.25) is 0 Å². The van der Waals surface area contributed by atoms with Crippen LogP contribution in [0, 0.1) is 0 Å². The van der Waals surface area contributed by atoms with E-state index in [9.17, 15) is 9.90 Å². The zero-order valence-corrected chi connectivity index (χ0v) is 14.2. The zero-order chi connectivity index (χ0) is 17.5. The Kier molecular flexibility index (Phi) is 6.16. The van der Waals surface area contributed by atoms with Crippen LogP contribution in [0.1, 0.15) is 5.56 Å². The van der Waals surface area contributed by atoms with Crippen molar-refractivity contribution >= 4 is 5.91 Å².